The zero-order valence-corrected chi connectivity index (χ0v) is 15.3. The van der Waals surface area contributed by atoms with E-state index in [1.807, 2.05) is 48.0 Å². The second kappa shape index (κ2) is 8.85. The first-order chi connectivity index (χ1) is 11.9. The van der Waals surface area contributed by atoms with Gasteiger partial charge >= 0.3 is 5.97 Å². The second-order valence-corrected chi connectivity index (χ2v) is 6.71. The average Bonchev–Trinajstić information content (AvgIpc) is 2.86. The largest absolute Gasteiger partial charge is 0.497 e. The quantitative estimate of drug-likeness (QED) is 0.853. The third kappa shape index (κ3) is 5.19. The molecule has 0 bridgehead atoms. The predicted molar refractivity (Wildman–Crippen MR) is 95.9 cm³/mol. The smallest absolute Gasteiger partial charge is 0.317 e. The molecule has 1 heterocycles. The minimum atomic E-state index is -0.812. The van der Waals surface area contributed by atoms with Crippen LogP contribution in [0.25, 0.3) is 0 Å². The summed E-state index contributed by atoms with van der Waals surface area (Å²) in [6, 6.07) is 7.83. The summed E-state index contributed by atoms with van der Waals surface area (Å²) in [6.07, 6.45) is 2.63. The van der Waals surface area contributed by atoms with Crippen LogP contribution in [0.2, 0.25) is 0 Å². The van der Waals surface area contributed by atoms with Gasteiger partial charge in [-0.25, -0.2) is 0 Å². The molecule has 6 heteroatoms. The van der Waals surface area contributed by atoms with Crippen LogP contribution in [0.3, 0.4) is 0 Å². The normalized spacial score (nSPS) is 19.4. The number of methoxy groups -OCH3 is 1. The van der Waals surface area contributed by atoms with Gasteiger partial charge in [-0.2, -0.15) is 0 Å². The Balaban J connectivity index is 1.96. The number of benzene rings is 1. The van der Waals surface area contributed by atoms with Crippen molar-refractivity contribution in [3.63, 3.8) is 0 Å². The highest BCUT2D eigenvalue weighted by Gasteiger charge is 2.27. The van der Waals surface area contributed by atoms with Crippen molar-refractivity contribution < 1.29 is 19.4 Å². The molecule has 1 saturated heterocycles. The molecular formula is C19H28N2O4. The van der Waals surface area contributed by atoms with E-state index in [2.05, 4.69) is 0 Å². The van der Waals surface area contributed by atoms with Crippen molar-refractivity contribution in [2.75, 3.05) is 33.8 Å². The van der Waals surface area contributed by atoms with Crippen LogP contribution < -0.4 is 4.74 Å². The fourth-order valence-electron chi connectivity index (χ4n) is 3.39. The van der Waals surface area contributed by atoms with Gasteiger partial charge in [0.05, 0.1) is 19.6 Å². The van der Waals surface area contributed by atoms with Crippen molar-refractivity contribution in [2.24, 2.45) is 0 Å². The summed E-state index contributed by atoms with van der Waals surface area (Å²) in [5.41, 5.74) is 0.981. The molecule has 1 N–H and O–H groups in total. The summed E-state index contributed by atoms with van der Waals surface area (Å²) >= 11 is 0. The van der Waals surface area contributed by atoms with Gasteiger partial charge in [-0.3, -0.25) is 14.5 Å². The van der Waals surface area contributed by atoms with Crippen LogP contribution in [0.5, 0.6) is 5.75 Å². The SMILES string of the molecule is COc1ccc(C(C)C(=O)N2CCCC(N(C)CC(=O)O)CC2)cc1. The topological polar surface area (TPSA) is 70.1 Å². The number of ether oxygens (including phenoxy) is 1. The van der Waals surface area contributed by atoms with E-state index in [1.165, 1.54) is 0 Å². The second-order valence-electron chi connectivity index (χ2n) is 6.71. The maximum Gasteiger partial charge on any atom is 0.317 e. The van der Waals surface area contributed by atoms with Crippen molar-refractivity contribution in [3.05, 3.63) is 29.8 Å². The minimum Gasteiger partial charge on any atom is -0.497 e. The van der Waals surface area contributed by atoms with E-state index in [4.69, 9.17) is 9.84 Å². The minimum absolute atomic E-state index is 0.0425. The van der Waals surface area contributed by atoms with E-state index in [9.17, 15) is 9.59 Å². The molecule has 2 unspecified atom stereocenters. The maximum absolute atomic E-state index is 12.8. The fraction of sp³-hybridized carbons (Fsp3) is 0.579. The molecule has 1 amide bonds. The Labute approximate surface area is 149 Å². The molecule has 25 heavy (non-hydrogen) atoms. The first kappa shape index (κ1) is 19.2. The van der Waals surface area contributed by atoms with Gasteiger partial charge in [0.25, 0.3) is 0 Å². The molecular weight excluding hydrogens is 320 g/mol. The monoisotopic (exact) mass is 348 g/mol. The van der Waals surface area contributed by atoms with E-state index in [0.717, 1.165) is 37.1 Å². The van der Waals surface area contributed by atoms with E-state index in [0.29, 0.717) is 6.54 Å². The zero-order valence-electron chi connectivity index (χ0n) is 15.3. The molecule has 1 fully saturated rings. The summed E-state index contributed by atoms with van der Waals surface area (Å²) < 4.78 is 5.16. The van der Waals surface area contributed by atoms with E-state index >= 15 is 0 Å². The van der Waals surface area contributed by atoms with E-state index in [1.54, 1.807) is 7.11 Å². The number of amides is 1. The van der Waals surface area contributed by atoms with Gasteiger partial charge in [-0.1, -0.05) is 12.1 Å². The number of aliphatic carboxylic acids is 1. The molecule has 6 nitrogen and oxygen atoms in total. The first-order valence-corrected chi connectivity index (χ1v) is 8.77. The van der Waals surface area contributed by atoms with Crippen LogP contribution in [-0.2, 0) is 9.59 Å². The van der Waals surface area contributed by atoms with Crippen molar-refractivity contribution in [3.8, 4) is 5.75 Å². The Morgan fingerprint density at radius 1 is 1.28 bits per heavy atom. The summed E-state index contributed by atoms with van der Waals surface area (Å²) in [5, 5.41) is 8.95. The molecule has 1 aromatic rings. The number of carbonyl (C=O) groups excluding carboxylic acids is 1. The van der Waals surface area contributed by atoms with Gasteiger partial charge in [0.15, 0.2) is 0 Å². The summed E-state index contributed by atoms with van der Waals surface area (Å²) in [7, 11) is 3.47. The lowest BCUT2D eigenvalue weighted by Gasteiger charge is -2.26. The van der Waals surface area contributed by atoms with E-state index < -0.39 is 5.97 Å². The first-order valence-electron chi connectivity index (χ1n) is 8.77. The molecule has 2 rings (SSSR count). The van der Waals surface area contributed by atoms with Crippen molar-refractivity contribution >= 4 is 11.9 Å². The van der Waals surface area contributed by atoms with Crippen molar-refractivity contribution in [1.82, 2.24) is 9.80 Å². The molecule has 1 aliphatic heterocycles. The summed E-state index contributed by atoms with van der Waals surface area (Å²) in [6.45, 7) is 3.38. The molecule has 0 aromatic heterocycles. The van der Waals surface area contributed by atoms with Gasteiger partial charge in [-0.05, 0) is 50.9 Å². The molecule has 0 aliphatic carbocycles. The van der Waals surface area contributed by atoms with Gasteiger partial charge < -0.3 is 14.7 Å². The van der Waals surface area contributed by atoms with Crippen LogP contribution in [0.15, 0.2) is 24.3 Å². The Morgan fingerprint density at radius 3 is 2.56 bits per heavy atom. The van der Waals surface area contributed by atoms with Crippen molar-refractivity contribution in [1.29, 1.82) is 0 Å². The number of likely N-dealkylation sites (N-methyl/N-ethyl adjacent to an activating group) is 1. The number of hydrogen-bond acceptors (Lipinski definition) is 4. The van der Waals surface area contributed by atoms with Crippen LogP contribution in [0.4, 0.5) is 0 Å². The Morgan fingerprint density at radius 2 is 1.96 bits per heavy atom. The van der Waals surface area contributed by atoms with Crippen LogP contribution in [0.1, 0.15) is 37.7 Å². The fourth-order valence-corrected chi connectivity index (χ4v) is 3.39. The number of carboxylic acids is 1. The lowest BCUT2D eigenvalue weighted by atomic mass is 9.99. The molecule has 0 radical (unpaired) electrons. The summed E-state index contributed by atoms with van der Waals surface area (Å²) in [5.74, 6) is -0.0961. The number of carbonyl (C=O) groups is 2. The van der Waals surface area contributed by atoms with Gasteiger partial charge in [0.2, 0.25) is 5.91 Å². The lowest BCUT2D eigenvalue weighted by Crippen LogP contribution is -2.38. The molecule has 138 valence electrons. The number of carboxylic acid groups (broad SMARTS) is 1. The Hall–Kier alpha value is -2.08. The number of hydrogen-bond donors (Lipinski definition) is 1. The predicted octanol–water partition coefficient (Wildman–Crippen LogP) is 2.20. The van der Waals surface area contributed by atoms with Crippen LogP contribution in [0, 0.1) is 0 Å². The molecule has 1 aromatic carbocycles. The highest BCUT2D eigenvalue weighted by molar-refractivity contribution is 5.83. The number of nitrogens with zero attached hydrogens (tertiary/aromatic N) is 2. The van der Waals surface area contributed by atoms with Gasteiger partial charge in [0, 0.05) is 19.1 Å². The number of rotatable bonds is 6. The highest BCUT2D eigenvalue weighted by Crippen LogP contribution is 2.23. The molecule has 0 spiro atoms. The molecule has 0 saturated carbocycles. The standard InChI is InChI=1S/C19H28N2O4/c1-14(15-6-8-17(25-3)9-7-15)19(24)21-11-4-5-16(10-12-21)20(2)13-18(22)23/h6-9,14,16H,4-5,10-13H2,1-3H3,(H,22,23). The third-order valence-electron chi connectivity index (χ3n) is 5.00. The van der Waals surface area contributed by atoms with Gasteiger partial charge in [-0.15, -0.1) is 0 Å². The Kier molecular flexibility index (Phi) is 6.82. The van der Waals surface area contributed by atoms with E-state index in [-0.39, 0.29) is 24.4 Å². The highest BCUT2D eigenvalue weighted by atomic mass is 16.5. The molecule has 2 atom stereocenters. The maximum atomic E-state index is 12.8. The average molecular weight is 348 g/mol. The Bertz CT molecular complexity index is 588. The van der Waals surface area contributed by atoms with Crippen LogP contribution in [-0.4, -0.2) is 66.6 Å². The van der Waals surface area contributed by atoms with Crippen molar-refractivity contribution in [2.45, 2.75) is 38.1 Å². The van der Waals surface area contributed by atoms with Gasteiger partial charge in [0.1, 0.15) is 5.75 Å². The molecule has 1 aliphatic rings. The van der Waals surface area contributed by atoms with Crippen LogP contribution >= 0.6 is 0 Å². The zero-order chi connectivity index (χ0) is 18.4. The third-order valence-corrected chi connectivity index (χ3v) is 5.00. The lowest BCUT2D eigenvalue weighted by molar-refractivity contribution is -0.138. The number of likely N-dealkylation sites (tertiary alicyclic amines) is 1. The summed E-state index contributed by atoms with van der Waals surface area (Å²) in [4.78, 5) is 27.5.